The Kier molecular flexibility index (Phi) is 6.69. The third kappa shape index (κ3) is 5.52. The van der Waals surface area contributed by atoms with Crippen LogP contribution in [0.1, 0.15) is 24.5 Å². The Labute approximate surface area is 154 Å². The smallest absolute Gasteiger partial charge is 0.417 e. The van der Waals surface area contributed by atoms with Crippen LogP contribution in [0.3, 0.4) is 0 Å². The van der Waals surface area contributed by atoms with Gasteiger partial charge in [-0.1, -0.05) is 36.7 Å². The number of anilines is 1. The molecule has 0 saturated carbocycles. The number of hydrogen-bond acceptors (Lipinski definition) is 2. The highest BCUT2D eigenvalue weighted by Gasteiger charge is 2.33. The molecule has 0 aliphatic rings. The summed E-state index contributed by atoms with van der Waals surface area (Å²) in [6, 6.07) is 10.4. The summed E-state index contributed by atoms with van der Waals surface area (Å²) in [5.41, 5.74) is -0.297. The van der Waals surface area contributed by atoms with Crippen LogP contribution in [0.2, 0.25) is 5.02 Å². The summed E-state index contributed by atoms with van der Waals surface area (Å²) in [4.78, 5) is 12.0. The van der Waals surface area contributed by atoms with Crippen molar-refractivity contribution in [2.75, 3.05) is 11.9 Å². The molecule has 0 atom stereocenters. The monoisotopic (exact) mass is 383 g/mol. The lowest BCUT2D eigenvalue weighted by atomic mass is 10.1. The highest BCUT2D eigenvalue weighted by atomic mass is 35.5. The van der Waals surface area contributed by atoms with E-state index >= 15 is 0 Å². The van der Waals surface area contributed by atoms with Crippen molar-refractivity contribution in [2.24, 2.45) is 0 Å². The van der Waals surface area contributed by atoms with Crippen LogP contribution < -0.4 is 10.1 Å². The average Bonchev–Trinajstić information content (AvgIpc) is 2.59. The molecule has 0 spiro atoms. The van der Waals surface area contributed by atoms with Gasteiger partial charge in [0.25, 0.3) is 0 Å². The molecule has 0 aliphatic heterocycles. The second kappa shape index (κ2) is 8.76. The number of benzene rings is 2. The van der Waals surface area contributed by atoms with E-state index in [2.05, 4.69) is 5.32 Å². The zero-order valence-corrected chi connectivity index (χ0v) is 14.7. The van der Waals surface area contributed by atoms with Crippen LogP contribution in [0.15, 0.2) is 48.5 Å². The predicted octanol–water partition coefficient (Wildman–Crippen LogP) is 5.80. The van der Waals surface area contributed by atoms with Crippen LogP contribution in [0, 0.1) is 0 Å². The van der Waals surface area contributed by atoms with Crippen molar-refractivity contribution in [3.8, 4) is 5.75 Å². The molecule has 0 aliphatic carbocycles. The van der Waals surface area contributed by atoms with E-state index in [0.717, 1.165) is 18.6 Å². The Balaban J connectivity index is 2.11. The number of alkyl halides is 3. The first-order valence-corrected chi connectivity index (χ1v) is 8.26. The van der Waals surface area contributed by atoms with Crippen LogP contribution in [-0.4, -0.2) is 12.5 Å². The topological polar surface area (TPSA) is 38.3 Å². The van der Waals surface area contributed by atoms with Gasteiger partial charge in [-0.2, -0.15) is 13.2 Å². The number of rotatable bonds is 6. The third-order valence-electron chi connectivity index (χ3n) is 3.33. The van der Waals surface area contributed by atoms with Gasteiger partial charge in [-0.25, -0.2) is 0 Å². The number of ether oxygens (including phenoxy) is 1. The van der Waals surface area contributed by atoms with E-state index in [1.807, 2.05) is 13.0 Å². The summed E-state index contributed by atoms with van der Waals surface area (Å²) >= 11 is 5.56. The molecule has 1 N–H and O–H groups in total. The van der Waals surface area contributed by atoms with Crippen LogP contribution in [0.4, 0.5) is 18.9 Å². The van der Waals surface area contributed by atoms with Gasteiger partial charge >= 0.3 is 6.18 Å². The summed E-state index contributed by atoms with van der Waals surface area (Å²) in [7, 11) is 0. The standard InChI is InChI=1S/C19H17ClF3NO2/c1-2-11-26-17-6-4-3-5-13(17)7-10-18(25)24-14-8-9-16(20)15(12-14)19(21,22)23/h3-10,12H,2,11H2,1H3,(H,24,25). The summed E-state index contributed by atoms with van der Waals surface area (Å²) in [6.45, 7) is 2.52. The van der Waals surface area contributed by atoms with Crippen molar-refractivity contribution in [3.05, 3.63) is 64.7 Å². The molecule has 7 heteroatoms. The lowest BCUT2D eigenvalue weighted by Gasteiger charge is -2.11. The van der Waals surface area contributed by atoms with Crippen LogP contribution >= 0.6 is 11.6 Å². The van der Waals surface area contributed by atoms with Gasteiger partial charge in [-0.15, -0.1) is 0 Å². The first kappa shape index (κ1) is 19.8. The van der Waals surface area contributed by atoms with Gasteiger partial charge in [-0.3, -0.25) is 4.79 Å². The van der Waals surface area contributed by atoms with Gasteiger partial charge in [0.1, 0.15) is 5.75 Å². The largest absolute Gasteiger partial charge is 0.493 e. The van der Waals surface area contributed by atoms with Gasteiger partial charge in [0.2, 0.25) is 5.91 Å². The van der Waals surface area contributed by atoms with Crippen molar-refractivity contribution in [1.82, 2.24) is 0 Å². The first-order valence-electron chi connectivity index (χ1n) is 7.89. The summed E-state index contributed by atoms with van der Waals surface area (Å²) in [5.74, 6) is 0.0648. The highest BCUT2D eigenvalue weighted by molar-refractivity contribution is 6.31. The Hall–Kier alpha value is -2.47. The molecule has 3 nitrogen and oxygen atoms in total. The molecule has 0 bridgehead atoms. The molecule has 138 valence electrons. The fourth-order valence-electron chi connectivity index (χ4n) is 2.13. The zero-order chi connectivity index (χ0) is 19.2. The minimum absolute atomic E-state index is 0.00638. The molecule has 0 unspecified atom stereocenters. The normalized spacial score (nSPS) is 11.6. The van der Waals surface area contributed by atoms with E-state index in [4.69, 9.17) is 16.3 Å². The maximum absolute atomic E-state index is 12.9. The zero-order valence-electron chi connectivity index (χ0n) is 13.9. The van der Waals surface area contributed by atoms with E-state index in [1.54, 1.807) is 24.3 Å². The number of halogens is 4. The molecule has 0 fully saturated rings. The number of hydrogen-bond donors (Lipinski definition) is 1. The molecule has 2 aromatic rings. The van der Waals surface area contributed by atoms with E-state index < -0.39 is 22.7 Å². The fourth-order valence-corrected chi connectivity index (χ4v) is 2.36. The lowest BCUT2D eigenvalue weighted by molar-refractivity contribution is -0.137. The summed E-state index contributed by atoms with van der Waals surface area (Å²) in [5, 5.41) is 1.97. The first-order chi connectivity index (χ1) is 12.3. The van der Waals surface area contributed by atoms with Crippen molar-refractivity contribution >= 4 is 29.3 Å². The van der Waals surface area contributed by atoms with Gasteiger partial charge in [-0.05, 0) is 36.8 Å². The average molecular weight is 384 g/mol. The number of para-hydroxylation sites is 1. The quantitative estimate of drug-likeness (QED) is 0.640. The molecule has 1 amide bonds. The number of carbonyl (C=O) groups is 1. The maximum Gasteiger partial charge on any atom is 0.417 e. The molecular weight excluding hydrogens is 367 g/mol. The van der Waals surface area contributed by atoms with Crippen LogP contribution in [0.5, 0.6) is 5.75 Å². The molecule has 0 aromatic heterocycles. The second-order valence-electron chi connectivity index (χ2n) is 5.40. The van der Waals surface area contributed by atoms with Gasteiger partial charge in [0.05, 0.1) is 17.2 Å². The molecule has 0 radical (unpaired) electrons. The number of amides is 1. The minimum atomic E-state index is -4.59. The van der Waals surface area contributed by atoms with Crippen molar-refractivity contribution in [2.45, 2.75) is 19.5 Å². The Bertz CT molecular complexity index is 804. The Morgan fingerprint density at radius 1 is 1.23 bits per heavy atom. The number of nitrogens with one attached hydrogen (secondary N) is 1. The van der Waals surface area contributed by atoms with Crippen LogP contribution in [-0.2, 0) is 11.0 Å². The van der Waals surface area contributed by atoms with E-state index in [0.29, 0.717) is 17.9 Å². The van der Waals surface area contributed by atoms with E-state index in [-0.39, 0.29) is 5.69 Å². The minimum Gasteiger partial charge on any atom is -0.493 e. The molecule has 26 heavy (non-hydrogen) atoms. The van der Waals surface area contributed by atoms with Gasteiger partial charge in [0.15, 0.2) is 0 Å². The second-order valence-corrected chi connectivity index (χ2v) is 5.81. The van der Waals surface area contributed by atoms with Crippen molar-refractivity contribution in [1.29, 1.82) is 0 Å². The molecular formula is C19H17ClF3NO2. The highest BCUT2D eigenvalue weighted by Crippen LogP contribution is 2.36. The lowest BCUT2D eigenvalue weighted by Crippen LogP contribution is -2.11. The third-order valence-corrected chi connectivity index (χ3v) is 3.66. The SMILES string of the molecule is CCCOc1ccccc1C=CC(=O)Nc1ccc(Cl)c(C(F)(F)F)c1. The number of carbonyl (C=O) groups excluding carboxylic acids is 1. The fraction of sp³-hybridized carbons (Fsp3) is 0.211. The van der Waals surface area contributed by atoms with E-state index in [1.165, 1.54) is 12.1 Å². The molecule has 0 saturated heterocycles. The van der Waals surface area contributed by atoms with E-state index in [9.17, 15) is 18.0 Å². The maximum atomic E-state index is 12.9. The molecule has 0 heterocycles. The van der Waals surface area contributed by atoms with Crippen LogP contribution in [0.25, 0.3) is 6.08 Å². The summed E-state index contributed by atoms with van der Waals surface area (Å²) in [6.07, 6.45) is -0.975. The van der Waals surface area contributed by atoms with Crippen molar-refractivity contribution < 1.29 is 22.7 Å². The Morgan fingerprint density at radius 3 is 2.65 bits per heavy atom. The molecule has 2 rings (SSSR count). The van der Waals surface area contributed by atoms with Gasteiger partial charge < -0.3 is 10.1 Å². The van der Waals surface area contributed by atoms with Gasteiger partial charge in [0, 0.05) is 17.3 Å². The summed E-state index contributed by atoms with van der Waals surface area (Å²) < 4.78 is 44.2. The van der Waals surface area contributed by atoms with Crippen molar-refractivity contribution in [3.63, 3.8) is 0 Å². The molecule has 2 aromatic carbocycles. The Morgan fingerprint density at radius 2 is 1.96 bits per heavy atom. The predicted molar refractivity (Wildman–Crippen MR) is 96.3 cm³/mol.